The van der Waals surface area contributed by atoms with Crippen molar-refractivity contribution >= 4 is 11.4 Å². The summed E-state index contributed by atoms with van der Waals surface area (Å²) in [4.78, 5) is 0. The third-order valence-electron chi connectivity index (χ3n) is 2.19. The van der Waals surface area contributed by atoms with E-state index in [9.17, 15) is 0 Å². The number of hydrogen-bond acceptors (Lipinski definition) is 3. The molecule has 1 aromatic rings. The number of fused-ring (bicyclic) bond motifs is 1. The molecule has 2 rings (SSSR count). The van der Waals surface area contributed by atoms with Gasteiger partial charge in [-0.05, 0) is 12.1 Å². The SMILES string of the molecule is COCC1CNc2ccccc2N1. The van der Waals surface area contributed by atoms with Crippen LogP contribution < -0.4 is 10.6 Å². The Bertz CT molecular complexity index is 288. The molecule has 13 heavy (non-hydrogen) atoms. The number of rotatable bonds is 2. The molecule has 0 aliphatic carbocycles. The average molecular weight is 178 g/mol. The summed E-state index contributed by atoms with van der Waals surface area (Å²) < 4.78 is 5.09. The van der Waals surface area contributed by atoms with Gasteiger partial charge < -0.3 is 15.4 Å². The lowest BCUT2D eigenvalue weighted by molar-refractivity contribution is 0.188. The number of benzene rings is 1. The first-order valence-corrected chi connectivity index (χ1v) is 4.48. The zero-order chi connectivity index (χ0) is 9.10. The van der Waals surface area contributed by atoms with Crippen LogP contribution in [0.3, 0.4) is 0 Å². The molecule has 2 N–H and O–H groups in total. The smallest absolute Gasteiger partial charge is 0.0681 e. The molecule has 0 spiro atoms. The minimum atomic E-state index is 0.375. The van der Waals surface area contributed by atoms with Crippen molar-refractivity contribution in [3.8, 4) is 0 Å². The van der Waals surface area contributed by atoms with E-state index in [1.807, 2.05) is 12.1 Å². The molecule has 0 saturated carbocycles. The van der Waals surface area contributed by atoms with Crippen molar-refractivity contribution in [3.63, 3.8) is 0 Å². The largest absolute Gasteiger partial charge is 0.382 e. The van der Waals surface area contributed by atoms with E-state index in [-0.39, 0.29) is 0 Å². The maximum absolute atomic E-state index is 5.09. The van der Waals surface area contributed by atoms with Gasteiger partial charge in [0.2, 0.25) is 0 Å². The summed E-state index contributed by atoms with van der Waals surface area (Å²) in [6.45, 7) is 1.66. The number of para-hydroxylation sites is 2. The third-order valence-corrected chi connectivity index (χ3v) is 2.19. The molecule has 1 aromatic carbocycles. The first-order valence-electron chi connectivity index (χ1n) is 4.48. The molecular weight excluding hydrogens is 164 g/mol. The minimum absolute atomic E-state index is 0.375. The molecule has 1 unspecified atom stereocenters. The van der Waals surface area contributed by atoms with E-state index in [1.165, 1.54) is 5.69 Å². The normalized spacial score (nSPS) is 19.9. The van der Waals surface area contributed by atoms with E-state index in [4.69, 9.17) is 4.74 Å². The van der Waals surface area contributed by atoms with Gasteiger partial charge in [-0.1, -0.05) is 12.1 Å². The lowest BCUT2D eigenvalue weighted by atomic mass is 10.1. The first kappa shape index (κ1) is 8.38. The molecule has 0 aromatic heterocycles. The lowest BCUT2D eigenvalue weighted by Crippen LogP contribution is -2.36. The van der Waals surface area contributed by atoms with Gasteiger partial charge in [0.15, 0.2) is 0 Å². The highest BCUT2D eigenvalue weighted by molar-refractivity contribution is 5.70. The second kappa shape index (κ2) is 3.66. The van der Waals surface area contributed by atoms with Gasteiger partial charge in [0.1, 0.15) is 0 Å². The summed E-state index contributed by atoms with van der Waals surface area (Å²) in [5.74, 6) is 0. The van der Waals surface area contributed by atoms with Crippen LogP contribution in [0.5, 0.6) is 0 Å². The van der Waals surface area contributed by atoms with Crippen LogP contribution in [0.4, 0.5) is 11.4 Å². The molecule has 0 amide bonds. The molecule has 0 fully saturated rings. The van der Waals surface area contributed by atoms with Crippen LogP contribution in [0.25, 0.3) is 0 Å². The summed E-state index contributed by atoms with van der Waals surface area (Å²) in [7, 11) is 1.72. The monoisotopic (exact) mass is 178 g/mol. The van der Waals surface area contributed by atoms with Crippen molar-refractivity contribution < 1.29 is 4.74 Å². The van der Waals surface area contributed by atoms with Crippen molar-refractivity contribution in [2.45, 2.75) is 6.04 Å². The number of anilines is 2. The second-order valence-electron chi connectivity index (χ2n) is 3.22. The average Bonchev–Trinajstić information content (AvgIpc) is 2.18. The van der Waals surface area contributed by atoms with Crippen LogP contribution in [0.1, 0.15) is 0 Å². The molecule has 0 saturated heterocycles. The number of nitrogens with one attached hydrogen (secondary N) is 2. The number of methoxy groups -OCH3 is 1. The van der Waals surface area contributed by atoms with Gasteiger partial charge in [-0.2, -0.15) is 0 Å². The molecule has 0 bridgehead atoms. The zero-order valence-electron chi connectivity index (χ0n) is 7.71. The van der Waals surface area contributed by atoms with E-state index in [2.05, 4.69) is 22.8 Å². The highest BCUT2D eigenvalue weighted by Gasteiger charge is 2.15. The highest BCUT2D eigenvalue weighted by Crippen LogP contribution is 2.24. The molecule has 3 heteroatoms. The van der Waals surface area contributed by atoms with Gasteiger partial charge in [-0.25, -0.2) is 0 Å². The van der Waals surface area contributed by atoms with Crippen molar-refractivity contribution in [2.24, 2.45) is 0 Å². The van der Waals surface area contributed by atoms with Gasteiger partial charge in [0, 0.05) is 13.7 Å². The molecule has 1 aliphatic heterocycles. The number of hydrogen-bond donors (Lipinski definition) is 2. The van der Waals surface area contributed by atoms with Crippen LogP contribution in [-0.2, 0) is 4.74 Å². The Morgan fingerprint density at radius 2 is 2.15 bits per heavy atom. The topological polar surface area (TPSA) is 33.3 Å². The van der Waals surface area contributed by atoms with Crippen LogP contribution in [-0.4, -0.2) is 26.3 Å². The quantitative estimate of drug-likeness (QED) is 0.720. The summed E-state index contributed by atoms with van der Waals surface area (Å²) in [5, 5.41) is 6.77. The molecule has 0 radical (unpaired) electrons. The Balaban J connectivity index is 2.11. The van der Waals surface area contributed by atoms with Gasteiger partial charge >= 0.3 is 0 Å². The Morgan fingerprint density at radius 1 is 1.38 bits per heavy atom. The fourth-order valence-electron chi connectivity index (χ4n) is 1.57. The Labute approximate surface area is 78.1 Å². The molecule has 70 valence electrons. The van der Waals surface area contributed by atoms with Gasteiger partial charge in [0.25, 0.3) is 0 Å². The Kier molecular flexibility index (Phi) is 2.36. The highest BCUT2D eigenvalue weighted by atomic mass is 16.5. The molecule has 1 atom stereocenters. The van der Waals surface area contributed by atoms with E-state index >= 15 is 0 Å². The zero-order valence-corrected chi connectivity index (χ0v) is 7.71. The third kappa shape index (κ3) is 1.75. The molecule has 3 nitrogen and oxygen atoms in total. The maximum Gasteiger partial charge on any atom is 0.0681 e. The summed E-state index contributed by atoms with van der Waals surface area (Å²) in [6.07, 6.45) is 0. The van der Waals surface area contributed by atoms with Crippen molar-refractivity contribution in [2.75, 3.05) is 30.9 Å². The van der Waals surface area contributed by atoms with Crippen LogP contribution >= 0.6 is 0 Å². The van der Waals surface area contributed by atoms with Gasteiger partial charge in [0.05, 0.1) is 24.0 Å². The van der Waals surface area contributed by atoms with Crippen molar-refractivity contribution in [1.82, 2.24) is 0 Å². The van der Waals surface area contributed by atoms with E-state index < -0.39 is 0 Å². The van der Waals surface area contributed by atoms with Gasteiger partial charge in [-0.15, -0.1) is 0 Å². The minimum Gasteiger partial charge on any atom is -0.382 e. The van der Waals surface area contributed by atoms with Gasteiger partial charge in [-0.3, -0.25) is 0 Å². The second-order valence-corrected chi connectivity index (χ2v) is 3.22. The molecule has 1 aliphatic rings. The molecule has 1 heterocycles. The van der Waals surface area contributed by atoms with Crippen LogP contribution in [0.2, 0.25) is 0 Å². The standard InChI is InChI=1S/C10H14N2O/c1-13-7-8-6-11-9-4-2-3-5-10(9)12-8/h2-5,8,11-12H,6-7H2,1H3. The maximum atomic E-state index is 5.09. The van der Waals surface area contributed by atoms with Crippen molar-refractivity contribution in [3.05, 3.63) is 24.3 Å². The fourth-order valence-corrected chi connectivity index (χ4v) is 1.57. The Hall–Kier alpha value is -1.22. The fraction of sp³-hybridized carbons (Fsp3) is 0.400. The van der Waals surface area contributed by atoms with Crippen molar-refractivity contribution in [1.29, 1.82) is 0 Å². The Morgan fingerprint density at radius 3 is 2.92 bits per heavy atom. The van der Waals surface area contributed by atoms with E-state index in [0.717, 1.165) is 18.8 Å². The summed E-state index contributed by atoms with van der Waals surface area (Å²) in [6, 6.07) is 8.59. The number of ether oxygens (including phenoxy) is 1. The lowest BCUT2D eigenvalue weighted by Gasteiger charge is -2.27. The van der Waals surface area contributed by atoms with Crippen LogP contribution in [0, 0.1) is 0 Å². The molecular formula is C10H14N2O. The summed E-state index contributed by atoms with van der Waals surface area (Å²) >= 11 is 0. The predicted molar refractivity (Wildman–Crippen MR) is 54.2 cm³/mol. The predicted octanol–water partition coefficient (Wildman–Crippen LogP) is 1.54. The first-order chi connectivity index (χ1) is 6.40. The summed E-state index contributed by atoms with van der Waals surface area (Å²) in [5.41, 5.74) is 2.34. The van der Waals surface area contributed by atoms with E-state index in [0.29, 0.717) is 6.04 Å². The van der Waals surface area contributed by atoms with E-state index in [1.54, 1.807) is 7.11 Å². The van der Waals surface area contributed by atoms with Crippen LogP contribution in [0.15, 0.2) is 24.3 Å².